The summed E-state index contributed by atoms with van der Waals surface area (Å²) in [6.45, 7) is 0. The number of hydrogen-bond acceptors (Lipinski definition) is 2. The van der Waals surface area contributed by atoms with E-state index in [0.29, 0.717) is 10.1 Å². The van der Waals surface area contributed by atoms with Crippen molar-refractivity contribution in [3.05, 3.63) is 40.9 Å². The first-order valence-corrected chi connectivity index (χ1v) is 4.42. The van der Waals surface area contributed by atoms with Gasteiger partial charge in [-0.05, 0) is 23.8 Å². The molecule has 1 atom stereocenters. The van der Waals surface area contributed by atoms with Gasteiger partial charge in [-0.15, -0.1) is 0 Å². The highest BCUT2D eigenvalue weighted by atomic mass is 35.5. The highest BCUT2D eigenvalue weighted by molar-refractivity contribution is 6.48. The minimum absolute atomic E-state index is 0.409. The highest BCUT2D eigenvalue weighted by Crippen LogP contribution is 2.20. The fraction of sp³-hybridized carbons (Fsp3) is 0.111. The molecule has 0 amide bonds. The predicted octanol–water partition coefficient (Wildman–Crippen LogP) is 2.20. The molecule has 70 valence electrons. The van der Waals surface area contributed by atoms with Crippen LogP contribution in [0.3, 0.4) is 0 Å². The van der Waals surface area contributed by atoms with E-state index in [-0.39, 0.29) is 0 Å². The summed E-state index contributed by atoms with van der Waals surface area (Å²) in [5.74, 6) is 0. The summed E-state index contributed by atoms with van der Waals surface area (Å²) in [7, 11) is 0. The number of aliphatic hydroxyl groups is 1. The Labute approximate surface area is 86.6 Å². The lowest BCUT2D eigenvalue weighted by atomic mass is 10.2. The number of nitrogens with two attached hydrogens (primary N) is 1. The van der Waals surface area contributed by atoms with Crippen LogP contribution in [0.2, 0.25) is 5.02 Å². The summed E-state index contributed by atoms with van der Waals surface area (Å²) >= 11 is 11.5. The molecule has 4 heteroatoms. The quantitative estimate of drug-likeness (QED) is 0.747. The van der Waals surface area contributed by atoms with Crippen molar-refractivity contribution in [2.75, 3.05) is 0 Å². The SMILES string of the molecule is N[C@H](O)/C=C(\Cl)c1ccc(Cl)cc1. The van der Waals surface area contributed by atoms with Crippen LogP contribution in [0.15, 0.2) is 30.3 Å². The largest absolute Gasteiger partial charge is 0.375 e. The molecule has 0 spiro atoms. The molecular formula is C9H9Cl2NO. The summed E-state index contributed by atoms with van der Waals surface area (Å²) in [4.78, 5) is 0. The first-order valence-electron chi connectivity index (χ1n) is 3.66. The molecule has 0 radical (unpaired) electrons. The molecule has 0 aliphatic rings. The Morgan fingerprint density at radius 3 is 2.38 bits per heavy atom. The molecule has 1 aromatic carbocycles. The van der Waals surface area contributed by atoms with Gasteiger partial charge >= 0.3 is 0 Å². The first kappa shape index (κ1) is 10.5. The monoisotopic (exact) mass is 217 g/mol. The molecule has 1 aromatic rings. The van der Waals surface area contributed by atoms with Crippen molar-refractivity contribution >= 4 is 28.2 Å². The lowest BCUT2D eigenvalue weighted by Crippen LogP contribution is -2.14. The number of rotatable bonds is 2. The maximum atomic E-state index is 8.83. The van der Waals surface area contributed by atoms with Gasteiger partial charge in [-0.1, -0.05) is 35.3 Å². The molecule has 2 nitrogen and oxygen atoms in total. The van der Waals surface area contributed by atoms with Gasteiger partial charge in [-0.25, -0.2) is 0 Å². The fourth-order valence-electron chi connectivity index (χ4n) is 0.855. The van der Waals surface area contributed by atoms with E-state index in [1.165, 1.54) is 6.08 Å². The predicted molar refractivity (Wildman–Crippen MR) is 55.5 cm³/mol. The van der Waals surface area contributed by atoms with Crippen LogP contribution in [0, 0.1) is 0 Å². The van der Waals surface area contributed by atoms with Crippen molar-refractivity contribution in [1.82, 2.24) is 0 Å². The van der Waals surface area contributed by atoms with Gasteiger partial charge in [0, 0.05) is 10.1 Å². The van der Waals surface area contributed by atoms with Gasteiger partial charge in [-0.3, -0.25) is 0 Å². The molecule has 3 N–H and O–H groups in total. The first-order chi connectivity index (χ1) is 6.09. The fourth-order valence-corrected chi connectivity index (χ4v) is 1.24. The number of halogens is 2. The minimum atomic E-state index is -1.04. The maximum absolute atomic E-state index is 8.83. The Hall–Kier alpha value is -0.540. The van der Waals surface area contributed by atoms with E-state index in [4.69, 9.17) is 34.0 Å². The molecule has 0 unspecified atom stereocenters. The van der Waals surface area contributed by atoms with Crippen molar-refractivity contribution in [3.8, 4) is 0 Å². The lowest BCUT2D eigenvalue weighted by Gasteiger charge is -2.01. The third-order valence-electron chi connectivity index (χ3n) is 1.44. The summed E-state index contributed by atoms with van der Waals surface area (Å²) in [5, 5.41) is 9.88. The van der Waals surface area contributed by atoms with Gasteiger partial charge in [0.05, 0.1) is 0 Å². The van der Waals surface area contributed by atoms with E-state index in [0.717, 1.165) is 5.56 Å². The molecule has 0 aliphatic heterocycles. The van der Waals surface area contributed by atoms with Gasteiger partial charge in [0.2, 0.25) is 0 Å². The zero-order chi connectivity index (χ0) is 9.84. The van der Waals surface area contributed by atoms with Crippen molar-refractivity contribution in [3.63, 3.8) is 0 Å². The van der Waals surface area contributed by atoms with Gasteiger partial charge in [0.1, 0.15) is 6.23 Å². The van der Waals surface area contributed by atoms with Crippen molar-refractivity contribution in [1.29, 1.82) is 0 Å². The topological polar surface area (TPSA) is 46.2 Å². The van der Waals surface area contributed by atoms with E-state index in [1.807, 2.05) is 0 Å². The van der Waals surface area contributed by atoms with Crippen LogP contribution in [0.4, 0.5) is 0 Å². The van der Waals surface area contributed by atoms with Crippen LogP contribution >= 0.6 is 23.2 Å². The highest BCUT2D eigenvalue weighted by Gasteiger charge is 1.99. The van der Waals surface area contributed by atoms with Crippen molar-refractivity contribution < 1.29 is 5.11 Å². The third-order valence-corrected chi connectivity index (χ3v) is 2.03. The van der Waals surface area contributed by atoms with Gasteiger partial charge in [-0.2, -0.15) is 0 Å². The number of benzene rings is 1. The standard InChI is InChI=1S/C9H9Cl2NO/c10-7-3-1-6(2-4-7)8(11)5-9(12)13/h1-5,9,13H,12H2/b8-5-/t9-/m1/s1. The molecule has 0 saturated carbocycles. The zero-order valence-corrected chi connectivity index (χ0v) is 8.26. The summed E-state index contributed by atoms with van der Waals surface area (Å²) in [5.41, 5.74) is 5.90. The Bertz CT molecular complexity index is 306. The normalized spacial score (nSPS) is 14.3. The van der Waals surface area contributed by atoms with E-state index < -0.39 is 6.23 Å². The lowest BCUT2D eigenvalue weighted by molar-refractivity contribution is 0.232. The third kappa shape index (κ3) is 3.36. The Balaban J connectivity index is 2.89. The van der Waals surface area contributed by atoms with Crippen LogP contribution in [-0.2, 0) is 0 Å². The van der Waals surface area contributed by atoms with Gasteiger partial charge in [0.15, 0.2) is 0 Å². The van der Waals surface area contributed by atoms with E-state index >= 15 is 0 Å². The van der Waals surface area contributed by atoms with Crippen LogP contribution in [0.25, 0.3) is 5.03 Å². The van der Waals surface area contributed by atoms with E-state index in [1.54, 1.807) is 24.3 Å². The second-order valence-electron chi connectivity index (χ2n) is 2.51. The second kappa shape index (κ2) is 4.63. The molecular weight excluding hydrogens is 209 g/mol. The van der Waals surface area contributed by atoms with Crippen LogP contribution < -0.4 is 5.73 Å². The van der Waals surface area contributed by atoms with Crippen molar-refractivity contribution in [2.45, 2.75) is 6.23 Å². The maximum Gasteiger partial charge on any atom is 0.123 e. The van der Waals surface area contributed by atoms with Crippen LogP contribution in [-0.4, -0.2) is 11.3 Å². The van der Waals surface area contributed by atoms with Crippen LogP contribution in [0.1, 0.15) is 5.56 Å². The minimum Gasteiger partial charge on any atom is -0.375 e. The smallest absolute Gasteiger partial charge is 0.123 e. The van der Waals surface area contributed by atoms with Gasteiger partial charge in [0.25, 0.3) is 0 Å². The molecule has 13 heavy (non-hydrogen) atoms. The molecule has 0 aliphatic carbocycles. The van der Waals surface area contributed by atoms with E-state index in [9.17, 15) is 0 Å². The Morgan fingerprint density at radius 1 is 1.38 bits per heavy atom. The molecule has 0 bridgehead atoms. The van der Waals surface area contributed by atoms with Crippen LogP contribution in [0.5, 0.6) is 0 Å². The summed E-state index contributed by atoms with van der Waals surface area (Å²) in [6.07, 6.45) is 0.313. The van der Waals surface area contributed by atoms with Gasteiger partial charge < -0.3 is 10.8 Å². The summed E-state index contributed by atoms with van der Waals surface area (Å²) in [6, 6.07) is 6.94. The molecule has 0 fully saturated rings. The molecule has 1 rings (SSSR count). The molecule has 0 saturated heterocycles. The number of aliphatic hydroxyl groups excluding tert-OH is 1. The molecule has 0 heterocycles. The Morgan fingerprint density at radius 2 is 1.92 bits per heavy atom. The molecule has 0 aromatic heterocycles. The Kier molecular flexibility index (Phi) is 3.75. The summed E-state index contributed by atoms with van der Waals surface area (Å²) < 4.78 is 0. The number of hydrogen-bond donors (Lipinski definition) is 2. The average molecular weight is 218 g/mol. The second-order valence-corrected chi connectivity index (χ2v) is 3.36. The van der Waals surface area contributed by atoms with E-state index in [2.05, 4.69) is 0 Å². The van der Waals surface area contributed by atoms with Crippen molar-refractivity contribution in [2.24, 2.45) is 5.73 Å². The zero-order valence-electron chi connectivity index (χ0n) is 6.74. The average Bonchev–Trinajstić information content (AvgIpc) is 2.04.